The van der Waals surface area contributed by atoms with Crippen LogP contribution in [0.4, 0.5) is 0 Å². The smallest absolute Gasteiger partial charge is 0.155 e. The molecule has 2 aromatic carbocycles. The molecule has 158 valence electrons. The molecule has 0 aromatic heterocycles. The molecule has 1 aliphatic heterocycles. The molecule has 1 fully saturated rings. The average molecular weight is 417 g/mol. The molecule has 0 saturated carbocycles. The highest BCUT2D eigenvalue weighted by molar-refractivity contribution is 6.30. The number of Topliss-reactive ketones (excluding diaryl/α,β-unsaturated/α-hetero) is 1. The van der Waals surface area contributed by atoms with E-state index in [-0.39, 0.29) is 18.4 Å². The number of ether oxygens (including phenoxy) is 1. The first kappa shape index (κ1) is 23.6. The molecule has 0 amide bonds. The first-order valence-corrected chi connectivity index (χ1v) is 10.9. The van der Waals surface area contributed by atoms with Gasteiger partial charge in [-0.05, 0) is 30.2 Å². The summed E-state index contributed by atoms with van der Waals surface area (Å²) in [5.41, 5.74) is 2.57. The van der Waals surface area contributed by atoms with Crippen molar-refractivity contribution in [1.82, 2.24) is 9.80 Å². The summed E-state index contributed by atoms with van der Waals surface area (Å²) in [6.07, 6.45) is 0. The lowest BCUT2D eigenvalue weighted by molar-refractivity contribution is -0.121. The van der Waals surface area contributed by atoms with Crippen LogP contribution >= 0.6 is 11.6 Å². The number of benzene rings is 2. The Balaban J connectivity index is 0.00000145. The van der Waals surface area contributed by atoms with Gasteiger partial charge >= 0.3 is 0 Å². The van der Waals surface area contributed by atoms with Crippen LogP contribution < -0.4 is 0 Å². The molecule has 1 aliphatic rings. The van der Waals surface area contributed by atoms with Gasteiger partial charge in [-0.2, -0.15) is 0 Å². The van der Waals surface area contributed by atoms with Crippen LogP contribution in [0, 0.1) is 0 Å². The van der Waals surface area contributed by atoms with Crippen LogP contribution in [0.15, 0.2) is 54.6 Å². The highest BCUT2D eigenvalue weighted by atomic mass is 35.5. The summed E-state index contributed by atoms with van der Waals surface area (Å²) < 4.78 is 5.40. The van der Waals surface area contributed by atoms with E-state index in [9.17, 15) is 4.79 Å². The minimum atomic E-state index is 0.0773. The highest BCUT2D eigenvalue weighted by Crippen LogP contribution is 2.30. The van der Waals surface area contributed by atoms with Crippen LogP contribution in [0.3, 0.4) is 0 Å². The Morgan fingerprint density at radius 1 is 0.966 bits per heavy atom. The second-order valence-corrected chi connectivity index (χ2v) is 7.43. The van der Waals surface area contributed by atoms with Crippen molar-refractivity contribution in [2.45, 2.75) is 26.8 Å². The third-order valence-electron chi connectivity index (χ3n) is 4.93. The topological polar surface area (TPSA) is 32.8 Å². The largest absolute Gasteiger partial charge is 0.372 e. The van der Waals surface area contributed by atoms with E-state index in [0.29, 0.717) is 6.61 Å². The van der Waals surface area contributed by atoms with Crippen LogP contribution in [0.25, 0.3) is 0 Å². The Hall–Kier alpha value is -1.72. The SMILES string of the molecule is CC.CC(=O)COCCN1CCN(C(c2ccccc2)c2ccc(Cl)cc2)CC1. The number of hydrogen-bond acceptors (Lipinski definition) is 4. The normalized spacial score (nSPS) is 16.0. The van der Waals surface area contributed by atoms with Gasteiger partial charge in [-0.3, -0.25) is 14.6 Å². The summed E-state index contributed by atoms with van der Waals surface area (Å²) in [4.78, 5) is 15.9. The Bertz CT molecular complexity index is 713. The quantitative estimate of drug-likeness (QED) is 0.585. The Morgan fingerprint density at radius 2 is 1.55 bits per heavy atom. The van der Waals surface area contributed by atoms with Crippen molar-refractivity contribution < 1.29 is 9.53 Å². The number of hydrogen-bond donors (Lipinski definition) is 0. The molecule has 4 nitrogen and oxygen atoms in total. The van der Waals surface area contributed by atoms with Gasteiger partial charge in [0, 0.05) is 37.7 Å². The van der Waals surface area contributed by atoms with Crippen molar-refractivity contribution in [1.29, 1.82) is 0 Å². The summed E-state index contributed by atoms with van der Waals surface area (Å²) in [6.45, 7) is 11.2. The van der Waals surface area contributed by atoms with Crippen LogP contribution in [0.1, 0.15) is 37.9 Å². The fourth-order valence-corrected chi connectivity index (χ4v) is 3.68. The van der Waals surface area contributed by atoms with E-state index in [1.165, 1.54) is 11.1 Å². The van der Waals surface area contributed by atoms with E-state index in [0.717, 1.165) is 37.7 Å². The lowest BCUT2D eigenvalue weighted by Gasteiger charge is -2.39. The zero-order valence-corrected chi connectivity index (χ0v) is 18.6. The molecular weight excluding hydrogens is 384 g/mol. The van der Waals surface area contributed by atoms with Crippen molar-refractivity contribution in [3.63, 3.8) is 0 Å². The summed E-state index contributed by atoms with van der Waals surface area (Å²) in [6, 6.07) is 19.1. The van der Waals surface area contributed by atoms with Crippen molar-refractivity contribution in [2.24, 2.45) is 0 Å². The molecule has 29 heavy (non-hydrogen) atoms. The average Bonchev–Trinajstić information content (AvgIpc) is 2.76. The Morgan fingerprint density at radius 3 is 2.14 bits per heavy atom. The zero-order chi connectivity index (χ0) is 21.1. The maximum atomic E-state index is 10.9. The van der Waals surface area contributed by atoms with Gasteiger partial charge in [-0.1, -0.05) is 67.9 Å². The molecule has 0 bridgehead atoms. The van der Waals surface area contributed by atoms with Crippen LogP contribution in [-0.2, 0) is 9.53 Å². The van der Waals surface area contributed by atoms with Crippen molar-refractivity contribution in [3.05, 3.63) is 70.7 Å². The molecule has 0 radical (unpaired) electrons. The fraction of sp³-hybridized carbons (Fsp3) is 0.458. The standard InChI is InChI=1S/C22H27ClN2O2.C2H6/c1-18(26)17-27-16-15-24-11-13-25(14-12-24)22(19-5-3-2-4-6-19)20-7-9-21(23)10-8-20;1-2/h2-10,22H,11-17H2,1H3;1-2H3. The van der Waals surface area contributed by atoms with Gasteiger partial charge < -0.3 is 4.74 Å². The van der Waals surface area contributed by atoms with Crippen molar-refractivity contribution >= 4 is 17.4 Å². The number of ketones is 1. The first-order chi connectivity index (χ1) is 14.1. The predicted octanol–water partition coefficient (Wildman–Crippen LogP) is 4.68. The zero-order valence-electron chi connectivity index (χ0n) is 17.8. The highest BCUT2D eigenvalue weighted by Gasteiger charge is 2.26. The van der Waals surface area contributed by atoms with Crippen LogP contribution in [0.2, 0.25) is 5.02 Å². The predicted molar refractivity (Wildman–Crippen MR) is 121 cm³/mol. The number of carbonyl (C=O) groups excluding carboxylic acids is 1. The molecule has 1 heterocycles. The van der Waals surface area contributed by atoms with Gasteiger partial charge in [-0.15, -0.1) is 0 Å². The summed E-state index contributed by atoms with van der Waals surface area (Å²) in [5, 5.41) is 0.765. The van der Waals surface area contributed by atoms with E-state index in [4.69, 9.17) is 16.3 Å². The summed E-state index contributed by atoms with van der Waals surface area (Å²) in [7, 11) is 0. The molecule has 1 atom stereocenters. The number of carbonyl (C=O) groups is 1. The summed E-state index contributed by atoms with van der Waals surface area (Å²) >= 11 is 6.09. The molecule has 0 aliphatic carbocycles. The maximum Gasteiger partial charge on any atom is 0.155 e. The second kappa shape index (κ2) is 12.8. The van der Waals surface area contributed by atoms with Gasteiger partial charge in [0.15, 0.2) is 5.78 Å². The molecule has 3 rings (SSSR count). The molecule has 1 unspecified atom stereocenters. The fourth-order valence-electron chi connectivity index (χ4n) is 3.55. The third kappa shape index (κ3) is 7.56. The molecule has 2 aromatic rings. The molecule has 5 heteroatoms. The second-order valence-electron chi connectivity index (χ2n) is 7.00. The van der Waals surface area contributed by atoms with E-state index < -0.39 is 0 Å². The van der Waals surface area contributed by atoms with Gasteiger partial charge in [0.25, 0.3) is 0 Å². The van der Waals surface area contributed by atoms with Crippen LogP contribution in [-0.4, -0.2) is 61.5 Å². The summed E-state index contributed by atoms with van der Waals surface area (Å²) in [5.74, 6) is 0.0773. The maximum absolute atomic E-state index is 10.9. The Labute approximate surface area is 180 Å². The molecule has 0 N–H and O–H groups in total. The van der Waals surface area contributed by atoms with E-state index in [2.05, 4.69) is 52.3 Å². The molecular formula is C24H33ClN2O2. The van der Waals surface area contributed by atoms with E-state index >= 15 is 0 Å². The third-order valence-corrected chi connectivity index (χ3v) is 5.18. The van der Waals surface area contributed by atoms with E-state index in [1.807, 2.05) is 26.0 Å². The van der Waals surface area contributed by atoms with Crippen molar-refractivity contribution in [3.8, 4) is 0 Å². The lowest BCUT2D eigenvalue weighted by atomic mass is 9.96. The monoisotopic (exact) mass is 416 g/mol. The molecule has 1 saturated heterocycles. The number of piperazine rings is 1. The van der Waals surface area contributed by atoms with Gasteiger partial charge in [0.05, 0.1) is 12.6 Å². The van der Waals surface area contributed by atoms with Gasteiger partial charge in [0.1, 0.15) is 6.61 Å². The molecule has 0 spiro atoms. The van der Waals surface area contributed by atoms with Crippen LogP contribution in [0.5, 0.6) is 0 Å². The number of rotatable bonds is 8. The van der Waals surface area contributed by atoms with Crippen molar-refractivity contribution in [2.75, 3.05) is 45.9 Å². The first-order valence-electron chi connectivity index (χ1n) is 10.5. The minimum Gasteiger partial charge on any atom is -0.372 e. The van der Waals surface area contributed by atoms with Gasteiger partial charge in [-0.25, -0.2) is 0 Å². The van der Waals surface area contributed by atoms with Gasteiger partial charge in [0.2, 0.25) is 0 Å². The Kier molecular flexibility index (Phi) is 10.4. The number of nitrogens with zero attached hydrogens (tertiary/aromatic N) is 2. The minimum absolute atomic E-state index is 0.0773. The van der Waals surface area contributed by atoms with E-state index in [1.54, 1.807) is 6.92 Å². The lowest BCUT2D eigenvalue weighted by Crippen LogP contribution is -2.48. The number of halogens is 1.